The molecule has 8 nitrogen and oxygen atoms in total. The van der Waals surface area contributed by atoms with Crippen molar-refractivity contribution in [3.8, 4) is 12.1 Å². The van der Waals surface area contributed by atoms with Crippen LogP contribution in [0.15, 0.2) is 24.3 Å². The summed E-state index contributed by atoms with van der Waals surface area (Å²) in [7, 11) is 0. The fourth-order valence-corrected chi connectivity index (χ4v) is 2.39. The van der Waals surface area contributed by atoms with Crippen LogP contribution in [-0.2, 0) is 19.7 Å². The molecule has 0 aromatic heterocycles. The van der Waals surface area contributed by atoms with E-state index in [-0.39, 0.29) is 37.9 Å². The molecule has 0 aliphatic rings. The molecule has 29 heavy (non-hydrogen) atoms. The van der Waals surface area contributed by atoms with Gasteiger partial charge in [-0.3, -0.25) is 14.4 Å². The zero-order valence-corrected chi connectivity index (χ0v) is 17.0. The minimum absolute atomic E-state index is 0.0281. The van der Waals surface area contributed by atoms with Gasteiger partial charge in [-0.15, -0.1) is 0 Å². The minimum Gasteiger partial charge on any atom is -0.454 e. The molecule has 0 bridgehead atoms. The van der Waals surface area contributed by atoms with Crippen molar-refractivity contribution in [2.75, 3.05) is 26.2 Å². The molecule has 1 rings (SSSR count). The van der Waals surface area contributed by atoms with E-state index < -0.39 is 24.4 Å². The molecule has 0 unspecified atom stereocenters. The molecule has 8 heteroatoms. The number of nitrogens with zero attached hydrogens (tertiary/aromatic N) is 3. The smallest absolute Gasteiger partial charge is 0.325 e. The van der Waals surface area contributed by atoms with Gasteiger partial charge in [-0.05, 0) is 23.1 Å². The first-order chi connectivity index (χ1) is 13.7. The van der Waals surface area contributed by atoms with Crippen molar-refractivity contribution >= 4 is 17.8 Å². The predicted octanol–water partition coefficient (Wildman–Crippen LogP) is 1.91. The van der Waals surface area contributed by atoms with Crippen LogP contribution < -0.4 is 5.32 Å². The van der Waals surface area contributed by atoms with Crippen LogP contribution in [0.4, 0.5) is 0 Å². The molecule has 0 heterocycles. The molecular weight excluding hydrogens is 372 g/mol. The second-order valence-electron chi connectivity index (χ2n) is 7.37. The normalized spacial score (nSPS) is 10.4. The molecule has 1 aromatic rings. The molecular formula is C21H26N4O4. The average molecular weight is 398 g/mol. The average Bonchev–Trinajstić information content (AvgIpc) is 2.69. The van der Waals surface area contributed by atoms with Gasteiger partial charge < -0.3 is 15.0 Å². The number of amides is 2. The maximum atomic E-state index is 12.1. The van der Waals surface area contributed by atoms with Crippen LogP contribution in [0.25, 0.3) is 0 Å². The maximum absolute atomic E-state index is 12.1. The third-order valence-electron chi connectivity index (χ3n) is 4.10. The van der Waals surface area contributed by atoms with Crippen molar-refractivity contribution in [3.63, 3.8) is 0 Å². The third kappa shape index (κ3) is 8.44. The molecule has 0 aliphatic carbocycles. The molecule has 0 atom stereocenters. The van der Waals surface area contributed by atoms with Crippen LogP contribution >= 0.6 is 0 Å². The molecule has 0 fully saturated rings. The summed E-state index contributed by atoms with van der Waals surface area (Å²) in [6.07, 6.45) is 0.240. The Kier molecular flexibility index (Phi) is 9.34. The molecule has 0 aliphatic heterocycles. The van der Waals surface area contributed by atoms with Gasteiger partial charge in [0.25, 0.3) is 11.8 Å². The number of nitrogens with one attached hydrogen (secondary N) is 1. The highest BCUT2D eigenvalue weighted by Gasteiger charge is 2.17. The predicted molar refractivity (Wildman–Crippen MR) is 105 cm³/mol. The monoisotopic (exact) mass is 398 g/mol. The molecule has 1 N–H and O–H groups in total. The van der Waals surface area contributed by atoms with Gasteiger partial charge in [-0.1, -0.05) is 32.9 Å². The number of rotatable bonds is 9. The first kappa shape index (κ1) is 23.6. The van der Waals surface area contributed by atoms with Crippen LogP contribution in [-0.4, -0.2) is 48.9 Å². The van der Waals surface area contributed by atoms with E-state index in [1.807, 2.05) is 24.3 Å². The van der Waals surface area contributed by atoms with Gasteiger partial charge in [0.15, 0.2) is 6.61 Å². The summed E-state index contributed by atoms with van der Waals surface area (Å²) in [4.78, 5) is 37.3. The molecule has 0 radical (unpaired) electrons. The van der Waals surface area contributed by atoms with Crippen molar-refractivity contribution in [1.29, 1.82) is 10.5 Å². The van der Waals surface area contributed by atoms with E-state index in [0.717, 1.165) is 5.56 Å². The Labute approximate surface area is 171 Å². The van der Waals surface area contributed by atoms with Crippen molar-refractivity contribution in [2.24, 2.45) is 0 Å². The Morgan fingerprint density at radius 1 is 1.03 bits per heavy atom. The fraction of sp³-hybridized carbons (Fsp3) is 0.476. The lowest BCUT2D eigenvalue weighted by Gasteiger charge is -2.20. The summed E-state index contributed by atoms with van der Waals surface area (Å²) < 4.78 is 4.88. The summed E-state index contributed by atoms with van der Waals surface area (Å²) in [5, 5.41) is 19.7. The van der Waals surface area contributed by atoms with Crippen molar-refractivity contribution < 1.29 is 19.1 Å². The Hall–Kier alpha value is -3.39. The van der Waals surface area contributed by atoms with Gasteiger partial charge in [0, 0.05) is 18.7 Å². The minimum atomic E-state index is -0.751. The van der Waals surface area contributed by atoms with E-state index in [2.05, 4.69) is 26.1 Å². The Balaban J connectivity index is 2.47. The first-order valence-electron chi connectivity index (χ1n) is 9.25. The quantitative estimate of drug-likeness (QED) is 0.634. The van der Waals surface area contributed by atoms with Crippen LogP contribution in [0.3, 0.4) is 0 Å². The number of ether oxygens (including phenoxy) is 1. The number of hydrogen-bond acceptors (Lipinski definition) is 6. The molecule has 2 amide bonds. The van der Waals surface area contributed by atoms with Gasteiger partial charge in [-0.2, -0.15) is 10.5 Å². The Bertz CT molecular complexity index is 780. The number of esters is 1. The molecule has 154 valence electrons. The number of carbonyl (C=O) groups is 3. The number of hydrogen-bond donors (Lipinski definition) is 1. The molecule has 0 spiro atoms. The number of carbonyl (C=O) groups excluding carboxylic acids is 3. The molecule has 0 saturated heterocycles. The van der Waals surface area contributed by atoms with E-state index in [0.29, 0.717) is 5.56 Å². The lowest BCUT2D eigenvalue weighted by Crippen LogP contribution is -2.37. The molecule has 0 saturated carbocycles. The van der Waals surface area contributed by atoms with E-state index in [4.69, 9.17) is 15.3 Å². The Morgan fingerprint density at radius 2 is 1.59 bits per heavy atom. The van der Waals surface area contributed by atoms with Gasteiger partial charge in [-0.25, -0.2) is 0 Å². The van der Waals surface area contributed by atoms with Crippen LogP contribution in [0.1, 0.15) is 49.5 Å². The highest BCUT2D eigenvalue weighted by Crippen LogP contribution is 2.22. The lowest BCUT2D eigenvalue weighted by molar-refractivity contribution is -0.151. The van der Waals surface area contributed by atoms with E-state index in [1.165, 1.54) is 4.90 Å². The third-order valence-corrected chi connectivity index (χ3v) is 4.10. The first-order valence-corrected chi connectivity index (χ1v) is 9.25. The number of nitriles is 2. The van der Waals surface area contributed by atoms with E-state index in [9.17, 15) is 14.4 Å². The van der Waals surface area contributed by atoms with Gasteiger partial charge in [0.2, 0.25) is 0 Å². The zero-order chi connectivity index (χ0) is 21.9. The van der Waals surface area contributed by atoms with E-state index in [1.54, 1.807) is 12.1 Å². The van der Waals surface area contributed by atoms with Crippen molar-refractivity contribution in [2.45, 2.75) is 39.0 Å². The zero-order valence-electron chi connectivity index (χ0n) is 17.0. The Morgan fingerprint density at radius 3 is 2.07 bits per heavy atom. The number of benzene rings is 1. The summed E-state index contributed by atoms with van der Waals surface area (Å²) >= 11 is 0. The largest absolute Gasteiger partial charge is 0.454 e. The fourth-order valence-electron chi connectivity index (χ4n) is 2.39. The summed E-state index contributed by atoms with van der Waals surface area (Å²) in [6.45, 7) is 5.66. The van der Waals surface area contributed by atoms with Gasteiger partial charge in [0.05, 0.1) is 25.0 Å². The summed E-state index contributed by atoms with van der Waals surface area (Å²) in [6, 6.07) is 10.9. The standard InChI is InChI=1S/C21H26N4O4/c1-21(2,3)17-8-6-16(7-9-17)20(28)24-14-19(27)29-15-18(26)25(12-4-10-22)13-5-11-23/h6-9H,4-5,12-15H2,1-3H3,(H,24,28). The SMILES string of the molecule is CC(C)(C)c1ccc(C(=O)NCC(=O)OCC(=O)N(CCC#N)CCC#N)cc1. The van der Waals surface area contributed by atoms with Crippen molar-refractivity contribution in [3.05, 3.63) is 35.4 Å². The van der Waals surface area contributed by atoms with Gasteiger partial charge >= 0.3 is 5.97 Å². The topological polar surface area (TPSA) is 123 Å². The van der Waals surface area contributed by atoms with E-state index >= 15 is 0 Å². The highest BCUT2D eigenvalue weighted by molar-refractivity contribution is 5.96. The highest BCUT2D eigenvalue weighted by atomic mass is 16.5. The second kappa shape index (κ2) is 11.5. The summed E-state index contributed by atoms with van der Waals surface area (Å²) in [5.41, 5.74) is 1.48. The van der Waals surface area contributed by atoms with Crippen LogP contribution in [0.2, 0.25) is 0 Å². The van der Waals surface area contributed by atoms with Crippen LogP contribution in [0.5, 0.6) is 0 Å². The molecule has 1 aromatic carbocycles. The summed E-state index contributed by atoms with van der Waals surface area (Å²) in [5.74, 6) is -1.66. The maximum Gasteiger partial charge on any atom is 0.325 e. The van der Waals surface area contributed by atoms with Crippen molar-refractivity contribution in [1.82, 2.24) is 10.2 Å². The van der Waals surface area contributed by atoms with Gasteiger partial charge in [0.1, 0.15) is 6.54 Å². The van der Waals surface area contributed by atoms with Crippen LogP contribution in [0, 0.1) is 22.7 Å². The second-order valence-corrected chi connectivity index (χ2v) is 7.37. The lowest BCUT2D eigenvalue weighted by atomic mass is 9.87.